The van der Waals surface area contributed by atoms with Crippen LogP contribution < -0.4 is 0 Å². The highest BCUT2D eigenvalue weighted by molar-refractivity contribution is 6.28. The second-order valence-corrected chi connectivity index (χ2v) is 11.2. The minimum absolute atomic E-state index is 0.953. The van der Waals surface area contributed by atoms with Crippen LogP contribution in [0.5, 0.6) is 0 Å². The van der Waals surface area contributed by atoms with E-state index in [4.69, 9.17) is 4.98 Å². The fourth-order valence-electron chi connectivity index (χ4n) is 6.81. The van der Waals surface area contributed by atoms with Crippen molar-refractivity contribution in [1.82, 2.24) is 14.1 Å². The molecule has 0 N–H and O–H groups in total. The van der Waals surface area contributed by atoms with E-state index in [9.17, 15) is 0 Å². The minimum Gasteiger partial charge on any atom is -0.309 e. The molecule has 9 aromatic rings. The van der Waals surface area contributed by atoms with E-state index in [1.54, 1.807) is 0 Å². The fourth-order valence-corrected chi connectivity index (χ4v) is 6.81. The average molecular weight is 562 g/mol. The van der Waals surface area contributed by atoms with Gasteiger partial charge in [-0.1, -0.05) is 115 Å². The highest BCUT2D eigenvalue weighted by atomic mass is 15.0. The van der Waals surface area contributed by atoms with Crippen LogP contribution in [0.25, 0.3) is 77.5 Å². The molecule has 0 fully saturated rings. The molecule has 0 atom stereocenters. The van der Waals surface area contributed by atoms with Crippen LogP contribution in [-0.4, -0.2) is 14.1 Å². The third-order valence-corrected chi connectivity index (χ3v) is 8.69. The van der Waals surface area contributed by atoms with Gasteiger partial charge in [0.15, 0.2) is 0 Å². The van der Waals surface area contributed by atoms with Gasteiger partial charge in [-0.05, 0) is 48.5 Å². The molecular formula is C41H27N3. The maximum atomic E-state index is 5.16. The number of rotatable bonds is 4. The van der Waals surface area contributed by atoms with Crippen molar-refractivity contribution in [1.29, 1.82) is 0 Å². The summed E-state index contributed by atoms with van der Waals surface area (Å²) in [5, 5.41) is 5.04. The third-order valence-electron chi connectivity index (χ3n) is 8.69. The van der Waals surface area contributed by atoms with Crippen LogP contribution in [0.2, 0.25) is 0 Å². The molecular weight excluding hydrogens is 534 g/mol. The third kappa shape index (κ3) is 3.73. The Morgan fingerprint density at radius 2 is 0.750 bits per heavy atom. The summed E-state index contributed by atoms with van der Waals surface area (Å²) >= 11 is 0. The van der Waals surface area contributed by atoms with Gasteiger partial charge in [-0.25, -0.2) is 4.98 Å². The molecule has 0 aliphatic heterocycles. The molecule has 3 heteroatoms. The molecule has 206 valence electrons. The second kappa shape index (κ2) is 9.82. The maximum Gasteiger partial charge on any atom is 0.0730 e. The zero-order valence-corrected chi connectivity index (χ0v) is 23.9. The number of benzene rings is 6. The lowest BCUT2D eigenvalue weighted by molar-refractivity contribution is 1.16. The van der Waals surface area contributed by atoms with Crippen LogP contribution in [0.3, 0.4) is 0 Å². The summed E-state index contributed by atoms with van der Waals surface area (Å²) in [4.78, 5) is 5.16. The molecule has 0 unspecified atom stereocenters. The zero-order chi connectivity index (χ0) is 29.0. The highest BCUT2D eigenvalue weighted by Crippen LogP contribution is 2.42. The molecule has 3 aromatic heterocycles. The van der Waals surface area contributed by atoms with Crippen molar-refractivity contribution in [3.05, 3.63) is 164 Å². The topological polar surface area (TPSA) is 22.8 Å². The van der Waals surface area contributed by atoms with Crippen LogP contribution in [-0.2, 0) is 0 Å². The Kier molecular flexibility index (Phi) is 5.50. The summed E-state index contributed by atoms with van der Waals surface area (Å²) in [6, 6.07) is 58.2. The highest BCUT2D eigenvalue weighted by Gasteiger charge is 2.21. The lowest BCUT2D eigenvalue weighted by atomic mass is 10.1. The molecule has 6 aromatic carbocycles. The Morgan fingerprint density at radius 1 is 0.341 bits per heavy atom. The molecule has 0 aliphatic carbocycles. The largest absolute Gasteiger partial charge is 0.309 e. The molecule has 3 nitrogen and oxygen atoms in total. The van der Waals surface area contributed by atoms with E-state index in [-0.39, 0.29) is 0 Å². The van der Waals surface area contributed by atoms with Crippen molar-refractivity contribution >= 4 is 43.6 Å². The van der Waals surface area contributed by atoms with Gasteiger partial charge in [-0.3, -0.25) is 0 Å². The Labute approximate surface area is 254 Å². The van der Waals surface area contributed by atoms with Crippen molar-refractivity contribution < 1.29 is 0 Å². The molecule has 0 amide bonds. The number of pyridine rings is 1. The summed E-state index contributed by atoms with van der Waals surface area (Å²) in [6.07, 6.45) is 0. The van der Waals surface area contributed by atoms with Gasteiger partial charge in [0.05, 0.1) is 39.1 Å². The van der Waals surface area contributed by atoms with Gasteiger partial charge in [0, 0.05) is 38.4 Å². The van der Waals surface area contributed by atoms with E-state index in [0.29, 0.717) is 0 Å². The van der Waals surface area contributed by atoms with E-state index in [2.05, 4.69) is 173 Å². The van der Waals surface area contributed by atoms with Gasteiger partial charge < -0.3 is 9.13 Å². The van der Waals surface area contributed by atoms with Crippen molar-refractivity contribution in [2.75, 3.05) is 0 Å². The summed E-state index contributed by atoms with van der Waals surface area (Å²) in [7, 11) is 0. The zero-order valence-electron chi connectivity index (χ0n) is 23.9. The number of nitrogens with zero attached hydrogens (tertiary/aromatic N) is 3. The molecule has 0 radical (unpaired) electrons. The Morgan fingerprint density at radius 3 is 1.25 bits per heavy atom. The van der Waals surface area contributed by atoms with E-state index in [0.717, 1.165) is 33.9 Å². The van der Waals surface area contributed by atoms with Crippen LogP contribution in [0, 0.1) is 0 Å². The first kappa shape index (κ1) is 24.6. The Balaban J connectivity index is 1.41. The normalized spacial score (nSPS) is 11.6. The van der Waals surface area contributed by atoms with E-state index in [1.165, 1.54) is 43.6 Å². The molecule has 3 heterocycles. The van der Waals surface area contributed by atoms with Gasteiger partial charge in [-0.15, -0.1) is 0 Å². The number of para-hydroxylation sites is 3. The van der Waals surface area contributed by atoms with Crippen LogP contribution in [0.15, 0.2) is 164 Å². The molecule has 0 spiro atoms. The molecule has 9 rings (SSSR count). The van der Waals surface area contributed by atoms with Gasteiger partial charge in [-0.2, -0.15) is 0 Å². The summed E-state index contributed by atoms with van der Waals surface area (Å²) in [6.45, 7) is 0. The number of aromatic nitrogens is 3. The van der Waals surface area contributed by atoms with E-state index in [1.807, 2.05) is 0 Å². The predicted molar refractivity (Wildman–Crippen MR) is 184 cm³/mol. The lowest BCUT2D eigenvalue weighted by Crippen LogP contribution is -1.98. The quantitative estimate of drug-likeness (QED) is 0.210. The summed E-state index contributed by atoms with van der Waals surface area (Å²) in [5.74, 6) is 0. The molecule has 44 heavy (non-hydrogen) atoms. The summed E-state index contributed by atoms with van der Waals surface area (Å²) < 4.78 is 4.81. The number of hydrogen-bond acceptors (Lipinski definition) is 1. The molecule has 0 aliphatic rings. The first-order chi connectivity index (χ1) is 21.8. The van der Waals surface area contributed by atoms with E-state index >= 15 is 0 Å². The van der Waals surface area contributed by atoms with Crippen LogP contribution in [0.1, 0.15) is 0 Å². The van der Waals surface area contributed by atoms with E-state index < -0.39 is 0 Å². The van der Waals surface area contributed by atoms with Crippen LogP contribution >= 0.6 is 0 Å². The SMILES string of the molecule is c1ccc(-c2cc(-n3c4ccccc4c4c5c6ccccc6n(-c6ccccc6)c5ccc43)cc(-c3ccccc3)n2)cc1. The predicted octanol–water partition coefficient (Wildman–Crippen LogP) is 10.6. The fraction of sp³-hybridized carbons (Fsp3) is 0. The summed E-state index contributed by atoms with van der Waals surface area (Å²) in [5.41, 5.74) is 11.1. The molecule has 0 saturated carbocycles. The Bertz CT molecular complexity index is 2410. The second-order valence-electron chi connectivity index (χ2n) is 11.2. The average Bonchev–Trinajstić information content (AvgIpc) is 3.62. The minimum atomic E-state index is 0.953. The van der Waals surface area contributed by atoms with Crippen molar-refractivity contribution in [2.45, 2.75) is 0 Å². The van der Waals surface area contributed by atoms with Gasteiger partial charge >= 0.3 is 0 Å². The van der Waals surface area contributed by atoms with Crippen molar-refractivity contribution in [3.8, 4) is 33.9 Å². The van der Waals surface area contributed by atoms with Gasteiger partial charge in [0.2, 0.25) is 0 Å². The van der Waals surface area contributed by atoms with Gasteiger partial charge in [0.1, 0.15) is 0 Å². The molecule has 0 bridgehead atoms. The van der Waals surface area contributed by atoms with Crippen molar-refractivity contribution in [2.24, 2.45) is 0 Å². The monoisotopic (exact) mass is 561 g/mol. The smallest absolute Gasteiger partial charge is 0.0730 e. The van der Waals surface area contributed by atoms with Gasteiger partial charge in [0.25, 0.3) is 0 Å². The van der Waals surface area contributed by atoms with Crippen LogP contribution in [0.4, 0.5) is 0 Å². The first-order valence-corrected chi connectivity index (χ1v) is 15.0. The maximum absolute atomic E-state index is 5.16. The molecule has 0 saturated heterocycles. The Hall–Kier alpha value is -5.93. The number of fused-ring (bicyclic) bond motifs is 7. The first-order valence-electron chi connectivity index (χ1n) is 15.0. The standard InChI is InChI=1S/C41H27N3/c1-4-14-28(15-5-1)34-26-31(27-35(42-34)29-16-6-2-7-17-29)44-37-23-13-11-21-33(37)41-39(44)25-24-38-40(41)32-20-10-12-22-36(32)43(38)30-18-8-3-9-19-30/h1-27H. The van der Waals surface area contributed by atoms with Crippen molar-refractivity contribution in [3.63, 3.8) is 0 Å². The lowest BCUT2D eigenvalue weighted by Gasteiger charge is -2.13. The number of hydrogen-bond donors (Lipinski definition) is 0.